The Morgan fingerprint density at radius 2 is 2.45 bits per heavy atom. The molecule has 2 heteroatoms. The van der Waals surface area contributed by atoms with Gasteiger partial charge in [0, 0.05) is 12.5 Å². The summed E-state index contributed by atoms with van der Waals surface area (Å²) in [6.45, 7) is 4.99. The summed E-state index contributed by atoms with van der Waals surface area (Å²) in [5, 5.41) is 2.83. The smallest absolute Gasteiger partial charge is 0.223 e. The van der Waals surface area contributed by atoms with Crippen LogP contribution in [0.2, 0.25) is 0 Å². The molecule has 0 aromatic heterocycles. The molecule has 0 bridgehead atoms. The summed E-state index contributed by atoms with van der Waals surface area (Å²) in [4.78, 5) is 11.0. The summed E-state index contributed by atoms with van der Waals surface area (Å²) in [6.07, 6.45) is 4.05. The van der Waals surface area contributed by atoms with Crippen LogP contribution in [0.5, 0.6) is 0 Å². The molecule has 1 saturated heterocycles. The highest BCUT2D eigenvalue weighted by Crippen LogP contribution is 2.14. The maximum atomic E-state index is 11.0. The Kier molecular flexibility index (Phi) is 2.69. The van der Waals surface area contributed by atoms with E-state index in [1.165, 1.54) is 5.57 Å². The van der Waals surface area contributed by atoms with Crippen molar-refractivity contribution in [2.45, 2.75) is 26.7 Å². The number of hydrogen-bond acceptors (Lipinski definition) is 1. The lowest BCUT2D eigenvalue weighted by atomic mass is 10.0. The average Bonchev–Trinajstić information content (AvgIpc) is 2.31. The van der Waals surface area contributed by atoms with Crippen molar-refractivity contribution >= 4 is 5.91 Å². The molecule has 1 atom stereocenters. The summed E-state index contributed by atoms with van der Waals surface area (Å²) in [6, 6.07) is 0. The van der Waals surface area contributed by atoms with Crippen molar-refractivity contribution in [2.75, 3.05) is 6.54 Å². The second kappa shape index (κ2) is 3.56. The fourth-order valence-corrected chi connectivity index (χ4v) is 1.25. The highest BCUT2D eigenvalue weighted by Gasteiger charge is 2.22. The van der Waals surface area contributed by atoms with Crippen molar-refractivity contribution < 1.29 is 4.79 Å². The minimum atomic E-state index is 0.225. The van der Waals surface area contributed by atoms with E-state index >= 15 is 0 Å². The van der Waals surface area contributed by atoms with Gasteiger partial charge in [0.25, 0.3) is 0 Å². The SMILES string of the molecule is CC(C)=CCC1CCNC1=O. The van der Waals surface area contributed by atoms with Crippen LogP contribution >= 0.6 is 0 Å². The zero-order valence-corrected chi connectivity index (χ0v) is 7.18. The molecule has 1 fully saturated rings. The molecule has 0 aliphatic carbocycles. The molecule has 1 rings (SSSR count). The van der Waals surface area contributed by atoms with Crippen LogP contribution in [0.1, 0.15) is 26.7 Å². The monoisotopic (exact) mass is 153 g/mol. The van der Waals surface area contributed by atoms with Crippen molar-refractivity contribution in [3.63, 3.8) is 0 Å². The van der Waals surface area contributed by atoms with Gasteiger partial charge in [-0.25, -0.2) is 0 Å². The van der Waals surface area contributed by atoms with Crippen molar-refractivity contribution in [2.24, 2.45) is 5.92 Å². The third-order valence-electron chi connectivity index (χ3n) is 1.97. The van der Waals surface area contributed by atoms with Gasteiger partial charge in [0.2, 0.25) is 5.91 Å². The Balaban J connectivity index is 2.37. The Labute approximate surface area is 67.7 Å². The summed E-state index contributed by atoms with van der Waals surface area (Å²) in [5.74, 6) is 0.465. The number of amides is 1. The molecule has 0 spiro atoms. The lowest BCUT2D eigenvalue weighted by Gasteiger charge is -2.01. The van der Waals surface area contributed by atoms with Gasteiger partial charge in [-0.3, -0.25) is 4.79 Å². The molecular formula is C9H15NO. The molecule has 2 nitrogen and oxygen atoms in total. The highest BCUT2D eigenvalue weighted by atomic mass is 16.2. The Morgan fingerprint density at radius 3 is 2.91 bits per heavy atom. The van der Waals surface area contributed by atoms with Gasteiger partial charge < -0.3 is 5.32 Å². The molecule has 1 amide bonds. The first kappa shape index (κ1) is 8.31. The molecule has 0 saturated carbocycles. The molecule has 62 valence electrons. The third kappa shape index (κ3) is 2.37. The zero-order valence-electron chi connectivity index (χ0n) is 7.18. The van der Waals surface area contributed by atoms with E-state index in [1.54, 1.807) is 0 Å². The van der Waals surface area contributed by atoms with Gasteiger partial charge >= 0.3 is 0 Å². The Morgan fingerprint density at radius 1 is 1.73 bits per heavy atom. The molecule has 1 unspecified atom stereocenters. The van der Waals surface area contributed by atoms with E-state index in [-0.39, 0.29) is 11.8 Å². The predicted octanol–water partition coefficient (Wildman–Crippen LogP) is 1.48. The van der Waals surface area contributed by atoms with Gasteiger partial charge in [-0.05, 0) is 26.7 Å². The van der Waals surface area contributed by atoms with Gasteiger partial charge in [0.05, 0.1) is 0 Å². The van der Waals surface area contributed by atoms with Crippen LogP contribution in [0.3, 0.4) is 0 Å². The molecule has 11 heavy (non-hydrogen) atoms. The first-order valence-electron chi connectivity index (χ1n) is 4.11. The van der Waals surface area contributed by atoms with Crippen molar-refractivity contribution in [1.29, 1.82) is 0 Å². The second-order valence-corrected chi connectivity index (χ2v) is 3.29. The Hall–Kier alpha value is -0.790. The van der Waals surface area contributed by atoms with Gasteiger partial charge in [-0.1, -0.05) is 11.6 Å². The van der Waals surface area contributed by atoms with E-state index in [2.05, 4.69) is 25.2 Å². The van der Waals surface area contributed by atoms with E-state index in [4.69, 9.17) is 0 Å². The van der Waals surface area contributed by atoms with Crippen LogP contribution in [0.4, 0.5) is 0 Å². The topological polar surface area (TPSA) is 29.1 Å². The van der Waals surface area contributed by atoms with Crippen LogP contribution in [0.15, 0.2) is 11.6 Å². The van der Waals surface area contributed by atoms with Crippen molar-refractivity contribution in [3.8, 4) is 0 Å². The van der Waals surface area contributed by atoms with Crippen LogP contribution in [-0.4, -0.2) is 12.5 Å². The van der Waals surface area contributed by atoms with Crippen LogP contribution in [0.25, 0.3) is 0 Å². The quantitative estimate of drug-likeness (QED) is 0.598. The van der Waals surface area contributed by atoms with Gasteiger partial charge in [-0.2, -0.15) is 0 Å². The minimum absolute atomic E-state index is 0.225. The zero-order chi connectivity index (χ0) is 8.27. The number of carbonyl (C=O) groups excluding carboxylic acids is 1. The van der Waals surface area contributed by atoms with Crippen LogP contribution < -0.4 is 5.32 Å². The normalized spacial score (nSPS) is 23.1. The maximum Gasteiger partial charge on any atom is 0.223 e. The number of hydrogen-bond donors (Lipinski definition) is 1. The minimum Gasteiger partial charge on any atom is -0.356 e. The number of carbonyl (C=O) groups is 1. The molecular weight excluding hydrogens is 138 g/mol. The number of nitrogens with one attached hydrogen (secondary N) is 1. The first-order valence-corrected chi connectivity index (χ1v) is 4.11. The van der Waals surface area contributed by atoms with Crippen LogP contribution in [-0.2, 0) is 4.79 Å². The molecule has 1 aliphatic heterocycles. The summed E-state index contributed by atoms with van der Waals surface area (Å²) in [7, 11) is 0. The summed E-state index contributed by atoms with van der Waals surface area (Å²) >= 11 is 0. The van der Waals surface area contributed by atoms with Gasteiger partial charge in [0.15, 0.2) is 0 Å². The summed E-state index contributed by atoms with van der Waals surface area (Å²) in [5.41, 5.74) is 1.30. The average molecular weight is 153 g/mol. The molecule has 1 N–H and O–H groups in total. The number of allylic oxidation sites excluding steroid dienone is 2. The predicted molar refractivity (Wildman–Crippen MR) is 45.2 cm³/mol. The molecule has 0 aromatic carbocycles. The van der Waals surface area contributed by atoms with E-state index in [0.717, 1.165) is 19.4 Å². The van der Waals surface area contributed by atoms with Gasteiger partial charge in [-0.15, -0.1) is 0 Å². The van der Waals surface area contributed by atoms with E-state index < -0.39 is 0 Å². The molecule has 1 heterocycles. The molecule has 0 aromatic rings. The fraction of sp³-hybridized carbons (Fsp3) is 0.667. The van der Waals surface area contributed by atoms with E-state index in [9.17, 15) is 4.79 Å². The lowest BCUT2D eigenvalue weighted by molar-refractivity contribution is -0.122. The fourth-order valence-electron chi connectivity index (χ4n) is 1.25. The van der Waals surface area contributed by atoms with E-state index in [1.807, 2.05) is 0 Å². The highest BCUT2D eigenvalue weighted by molar-refractivity contribution is 5.80. The first-order chi connectivity index (χ1) is 5.20. The van der Waals surface area contributed by atoms with E-state index in [0.29, 0.717) is 0 Å². The largest absolute Gasteiger partial charge is 0.356 e. The molecule has 1 aliphatic rings. The van der Waals surface area contributed by atoms with Crippen molar-refractivity contribution in [3.05, 3.63) is 11.6 Å². The summed E-state index contributed by atoms with van der Waals surface area (Å²) < 4.78 is 0. The Bertz CT molecular complexity index is 180. The number of rotatable bonds is 2. The molecule has 0 radical (unpaired) electrons. The third-order valence-corrected chi connectivity index (χ3v) is 1.97. The maximum absolute atomic E-state index is 11.0. The van der Waals surface area contributed by atoms with Crippen LogP contribution in [0, 0.1) is 5.92 Å². The lowest BCUT2D eigenvalue weighted by Crippen LogP contribution is -2.18. The standard InChI is InChI=1S/C9H15NO/c1-7(2)3-4-8-5-6-10-9(8)11/h3,8H,4-6H2,1-2H3,(H,10,11). The van der Waals surface area contributed by atoms with Crippen molar-refractivity contribution in [1.82, 2.24) is 5.32 Å². The van der Waals surface area contributed by atoms with Gasteiger partial charge in [0.1, 0.15) is 0 Å². The second-order valence-electron chi connectivity index (χ2n) is 3.29.